The van der Waals surface area contributed by atoms with Gasteiger partial charge in [0.15, 0.2) is 17.3 Å². The molecule has 2 heterocycles. The van der Waals surface area contributed by atoms with Gasteiger partial charge in [-0.25, -0.2) is 0 Å². The van der Waals surface area contributed by atoms with Crippen LogP contribution in [0, 0.1) is 5.92 Å². The van der Waals surface area contributed by atoms with Crippen LogP contribution in [0.4, 0.5) is 0 Å². The highest BCUT2D eigenvalue weighted by Crippen LogP contribution is 2.65. The number of phenols is 1. The second-order valence-corrected chi connectivity index (χ2v) is 12.1. The lowest BCUT2D eigenvalue weighted by molar-refractivity contribution is -0.142. The summed E-state index contributed by atoms with van der Waals surface area (Å²) in [5, 5.41) is 11.1. The fraction of sp³-hybridized carbons (Fsp3) is 0.529. The number of hydrogen-bond donors (Lipinski definition) is 1. The lowest BCUT2D eigenvalue weighted by Gasteiger charge is -2.60. The predicted molar refractivity (Wildman–Crippen MR) is 158 cm³/mol. The molecule has 0 unspecified atom stereocenters. The summed E-state index contributed by atoms with van der Waals surface area (Å²) >= 11 is 0. The van der Waals surface area contributed by atoms with E-state index in [2.05, 4.69) is 18.4 Å². The van der Waals surface area contributed by atoms with Crippen LogP contribution in [-0.4, -0.2) is 71.5 Å². The maximum absolute atomic E-state index is 13.7. The molecule has 1 amide bonds. The molecule has 2 aromatic rings. The minimum atomic E-state index is -0.254. The maximum atomic E-state index is 13.7. The lowest BCUT2D eigenvalue weighted by Crippen LogP contribution is -2.69. The van der Waals surface area contributed by atoms with Gasteiger partial charge < -0.3 is 19.5 Å². The summed E-state index contributed by atoms with van der Waals surface area (Å²) in [6.07, 6.45) is 7.66. The van der Waals surface area contributed by atoms with Crippen LogP contribution in [0.5, 0.6) is 17.2 Å². The Balaban J connectivity index is 1.24. The van der Waals surface area contributed by atoms with Crippen LogP contribution in [0.2, 0.25) is 0 Å². The molecule has 1 spiro atoms. The number of ketones is 1. The Labute approximate surface area is 243 Å². The number of carbonyl (C=O) groups is 2. The highest BCUT2D eigenvalue weighted by atomic mass is 16.5. The molecule has 0 radical (unpaired) electrons. The molecule has 6 rings (SSSR count). The van der Waals surface area contributed by atoms with Crippen molar-refractivity contribution in [2.24, 2.45) is 5.92 Å². The Kier molecular flexibility index (Phi) is 7.58. The van der Waals surface area contributed by atoms with Crippen LogP contribution in [0.1, 0.15) is 73.4 Å². The number of nitrogens with zero attached hydrogens (tertiary/aromatic N) is 2. The highest BCUT2D eigenvalue weighted by Gasteiger charge is 2.67. The number of likely N-dealkylation sites (N-methyl/N-ethyl adjacent to an activating group) is 1. The Morgan fingerprint density at radius 3 is 2.73 bits per heavy atom. The SMILES string of the molecule is C=CCN1CC[C@]23c4c5c(O)cc(OC)c4O[C@H]2[C@@H](N(CC)C(=O)CCCCC(=O)c2ccccc2)CC[C@H]3[C@H]1C5. The zero-order chi connectivity index (χ0) is 28.7. The number of ether oxygens (including phenoxy) is 2. The number of benzene rings is 2. The summed E-state index contributed by atoms with van der Waals surface area (Å²) in [5.41, 5.74) is 2.59. The molecule has 4 aliphatic rings. The smallest absolute Gasteiger partial charge is 0.222 e. The van der Waals surface area contributed by atoms with Crippen LogP contribution in [0.25, 0.3) is 0 Å². The first-order chi connectivity index (χ1) is 19.9. The van der Waals surface area contributed by atoms with Gasteiger partial charge in [-0.05, 0) is 57.9 Å². The molecule has 2 aliphatic heterocycles. The number of carbonyl (C=O) groups excluding carboxylic acids is 2. The standard InChI is InChI=1S/C34H42N2O5/c1-4-18-35-19-17-34-24-15-16-25(33(34)41-32-29(40-3)21-28(38)23(31(32)34)20-26(24)35)36(5-2)30(39)14-10-9-13-27(37)22-11-7-6-8-12-22/h4,6-8,11-12,21,24-26,33,38H,1,5,9-10,13-20H2,2-3H3/t24-,25-,26+,33-,34-/m0/s1. The number of unbranched alkanes of at least 4 members (excludes halogenated alkanes) is 1. The van der Waals surface area contributed by atoms with E-state index in [0.717, 1.165) is 61.2 Å². The fourth-order valence-corrected chi connectivity index (χ4v) is 8.58. The van der Waals surface area contributed by atoms with Gasteiger partial charge in [0.1, 0.15) is 11.9 Å². The van der Waals surface area contributed by atoms with Crippen molar-refractivity contribution in [3.63, 3.8) is 0 Å². The predicted octanol–water partition coefficient (Wildman–Crippen LogP) is 5.29. The number of methoxy groups -OCH3 is 1. The van der Waals surface area contributed by atoms with Crippen molar-refractivity contribution in [1.29, 1.82) is 0 Å². The molecule has 218 valence electrons. The van der Waals surface area contributed by atoms with Gasteiger partial charge in [-0.15, -0.1) is 6.58 Å². The Bertz CT molecular complexity index is 1330. The molecule has 2 aliphatic carbocycles. The molecule has 7 nitrogen and oxygen atoms in total. The van der Waals surface area contributed by atoms with Gasteiger partial charge in [-0.3, -0.25) is 14.5 Å². The Hall–Kier alpha value is -3.32. The topological polar surface area (TPSA) is 79.3 Å². The van der Waals surface area contributed by atoms with E-state index < -0.39 is 0 Å². The summed E-state index contributed by atoms with van der Waals surface area (Å²) < 4.78 is 12.6. The zero-order valence-corrected chi connectivity index (χ0v) is 24.3. The van der Waals surface area contributed by atoms with Crippen LogP contribution < -0.4 is 9.47 Å². The maximum Gasteiger partial charge on any atom is 0.222 e. The van der Waals surface area contributed by atoms with Gasteiger partial charge >= 0.3 is 0 Å². The second-order valence-electron chi connectivity index (χ2n) is 12.1. The average molecular weight is 559 g/mol. The van der Waals surface area contributed by atoms with Crippen LogP contribution in [-0.2, 0) is 16.6 Å². The van der Waals surface area contributed by atoms with Gasteiger partial charge in [-0.2, -0.15) is 0 Å². The molecule has 2 bridgehead atoms. The molecule has 5 atom stereocenters. The number of piperidine rings is 1. The first kappa shape index (κ1) is 27.8. The summed E-state index contributed by atoms with van der Waals surface area (Å²) in [4.78, 5) is 30.8. The summed E-state index contributed by atoms with van der Waals surface area (Å²) in [7, 11) is 1.62. The van der Waals surface area contributed by atoms with E-state index >= 15 is 0 Å². The molecule has 0 aromatic heterocycles. The van der Waals surface area contributed by atoms with Crippen molar-refractivity contribution >= 4 is 11.7 Å². The number of likely N-dealkylation sites (tertiary alicyclic amines) is 1. The van der Waals surface area contributed by atoms with Crippen molar-refractivity contribution in [3.8, 4) is 17.2 Å². The van der Waals surface area contributed by atoms with Crippen LogP contribution in [0.15, 0.2) is 49.1 Å². The van der Waals surface area contributed by atoms with Crippen LogP contribution in [0.3, 0.4) is 0 Å². The van der Waals surface area contributed by atoms with E-state index in [4.69, 9.17) is 9.47 Å². The number of Topliss-reactive ketones (excluding diaryl/α,β-unsaturated/α-hetero) is 1. The zero-order valence-electron chi connectivity index (χ0n) is 24.3. The Morgan fingerprint density at radius 2 is 2.00 bits per heavy atom. The molecule has 41 heavy (non-hydrogen) atoms. The van der Waals surface area contributed by atoms with Crippen molar-refractivity contribution < 1.29 is 24.2 Å². The van der Waals surface area contributed by atoms with Crippen molar-refractivity contribution in [1.82, 2.24) is 9.80 Å². The number of hydrogen-bond acceptors (Lipinski definition) is 6. The third-order valence-electron chi connectivity index (χ3n) is 10.3. The molecule has 1 saturated carbocycles. The number of phenolic OH excluding ortho intramolecular Hbond substituents is 1. The van der Waals surface area contributed by atoms with Gasteiger partial charge in [0.05, 0.1) is 13.2 Å². The normalized spacial score (nSPS) is 27.5. The molecule has 2 fully saturated rings. The largest absolute Gasteiger partial charge is 0.508 e. The van der Waals surface area contributed by atoms with Crippen molar-refractivity contribution in [2.45, 2.75) is 81.9 Å². The lowest BCUT2D eigenvalue weighted by atomic mass is 9.50. The van der Waals surface area contributed by atoms with E-state index in [9.17, 15) is 14.7 Å². The van der Waals surface area contributed by atoms with Gasteiger partial charge in [0, 0.05) is 60.1 Å². The van der Waals surface area contributed by atoms with E-state index in [0.29, 0.717) is 49.9 Å². The minimum absolute atomic E-state index is 0.0495. The number of aromatic hydroxyl groups is 1. The van der Waals surface area contributed by atoms with Gasteiger partial charge in [0.25, 0.3) is 0 Å². The van der Waals surface area contributed by atoms with Gasteiger partial charge in [-0.1, -0.05) is 36.4 Å². The highest BCUT2D eigenvalue weighted by molar-refractivity contribution is 5.95. The van der Waals surface area contributed by atoms with Crippen molar-refractivity contribution in [3.05, 3.63) is 65.7 Å². The molecule has 2 aromatic carbocycles. The summed E-state index contributed by atoms with van der Waals surface area (Å²) in [6, 6.07) is 11.3. The van der Waals surface area contributed by atoms with Crippen molar-refractivity contribution in [2.75, 3.05) is 26.7 Å². The molecular formula is C34H42N2O5. The van der Waals surface area contributed by atoms with E-state index in [1.54, 1.807) is 13.2 Å². The monoisotopic (exact) mass is 558 g/mol. The number of amides is 1. The average Bonchev–Trinajstić information content (AvgIpc) is 3.33. The fourth-order valence-electron chi connectivity index (χ4n) is 8.58. The molecule has 1 saturated heterocycles. The molecular weight excluding hydrogens is 516 g/mol. The van der Waals surface area contributed by atoms with Gasteiger partial charge in [0.2, 0.25) is 5.91 Å². The Morgan fingerprint density at radius 1 is 1.22 bits per heavy atom. The van der Waals surface area contributed by atoms with Crippen LogP contribution >= 0.6 is 0 Å². The molecule has 1 N–H and O–H groups in total. The van der Waals surface area contributed by atoms with E-state index in [1.165, 1.54) is 0 Å². The summed E-state index contributed by atoms with van der Waals surface area (Å²) in [5.74, 6) is 2.26. The quantitative estimate of drug-likeness (QED) is 0.230. The third-order valence-corrected chi connectivity index (χ3v) is 10.3. The third kappa shape index (κ3) is 4.44. The number of rotatable bonds is 11. The molecule has 7 heteroatoms. The first-order valence-electron chi connectivity index (χ1n) is 15.3. The minimum Gasteiger partial charge on any atom is -0.508 e. The summed E-state index contributed by atoms with van der Waals surface area (Å²) in [6.45, 7) is 8.43. The van der Waals surface area contributed by atoms with E-state index in [-0.39, 0.29) is 35.0 Å². The van der Waals surface area contributed by atoms with E-state index in [1.807, 2.05) is 41.3 Å². The second kappa shape index (κ2) is 11.2. The first-order valence-corrected chi connectivity index (χ1v) is 15.3.